The largest absolute Gasteiger partial charge is 0.356 e. The van der Waals surface area contributed by atoms with E-state index >= 15 is 0 Å². The van der Waals surface area contributed by atoms with Crippen LogP contribution in [-0.4, -0.2) is 39.8 Å². The number of hydrogen-bond donors (Lipinski definition) is 1. The molecule has 0 saturated heterocycles. The van der Waals surface area contributed by atoms with Crippen LogP contribution in [0.25, 0.3) is 0 Å². The molecule has 0 fully saturated rings. The summed E-state index contributed by atoms with van der Waals surface area (Å²) in [7, 11) is 0. The number of carbonyl (C=O) groups is 2. The summed E-state index contributed by atoms with van der Waals surface area (Å²) in [6.07, 6.45) is 3.31. The van der Waals surface area contributed by atoms with Gasteiger partial charge in [-0.15, -0.1) is 0 Å². The maximum Gasteiger partial charge on any atom is 0.274 e. The molecule has 0 saturated carbocycles. The molecule has 0 atom stereocenters. The summed E-state index contributed by atoms with van der Waals surface area (Å²) in [4.78, 5) is 34.8. The molecular formula is C20H26N4O2. The number of nitrogens with zero attached hydrogens (tertiary/aromatic N) is 3. The average Bonchev–Trinajstić information content (AvgIpc) is 2.64. The molecule has 0 radical (unpaired) electrons. The maximum atomic E-state index is 12.8. The first-order valence-electron chi connectivity index (χ1n) is 8.84. The molecule has 0 aliphatic heterocycles. The van der Waals surface area contributed by atoms with E-state index in [1.54, 1.807) is 11.1 Å². The Bertz CT molecular complexity index is 714. The molecule has 0 bridgehead atoms. The summed E-state index contributed by atoms with van der Waals surface area (Å²) in [6, 6.07) is 9.71. The van der Waals surface area contributed by atoms with Crippen LogP contribution in [-0.2, 0) is 11.3 Å². The lowest BCUT2D eigenvalue weighted by atomic mass is 10.2. The fourth-order valence-corrected chi connectivity index (χ4v) is 2.36. The standard InChI is InChI=1S/C20H26N4O2/c1-15(2)11-23-19(25)9-10-24(14-17-7-5-4-6-8-17)20(26)18-13-21-16(3)12-22-18/h4-8,12-13,15H,9-11,14H2,1-3H3,(H,23,25). The van der Waals surface area contributed by atoms with Crippen LogP contribution in [0, 0.1) is 12.8 Å². The Balaban J connectivity index is 2.07. The molecule has 138 valence electrons. The van der Waals surface area contributed by atoms with Crippen LogP contribution < -0.4 is 5.32 Å². The van der Waals surface area contributed by atoms with E-state index in [0.29, 0.717) is 25.6 Å². The van der Waals surface area contributed by atoms with E-state index in [0.717, 1.165) is 11.3 Å². The van der Waals surface area contributed by atoms with E-state index in [2.05, 4.69) is 15.3 Å². The first-order valence-corrected chi connectivity index (χ1v) is 8.84. The van der Waals surface area contributed by atoms with Gasteiger partial charge in [-0.3, -0.25) is 14.6 Å². The van der Waals surface area contributed by atoms with Gasteiger partial charge in [0.05, 0.1) is 11.9 Å². The molecule has 6 nitrogen and oxygen atoms in total. The lowest BCUT2D eigenvalue weighted by Gasteiger charge is -2.22. The number of nitrogens with one attached hydrogen (secondary N) is 1. The van der Waals surface area contributed by atoms with Gasteiger partial charge >= 0.3 is 0 Å². The van der Waals surface area contributed by atoms with E-state index in [1.165, 1.54) is 6.20 Å². The molecule has 0 aliphatic rings. The van der Waals surface area contributed by atoms with Crippen LogP contribution in [0.4, 0.5) is 0 Å². The predicted molar refractivity (Wildman–Crippen MR) is 100 cm³/mol. The highest BCUT2D eigenvalue weighted by Crippen LogP contribution is 2.09. The van der Waals surface area contributed by atoms with Crippen LogP contribution in [0.3, 0.4) is 0 Å². The first-order chi connectivity index (χ1) is 12.5. The van der Waals surface area contributed by atoms with Crippen molar-refractivity contribution in [3.8, 4) is 0 Å². The van der Waals surface area contributed by atoms with Gasteiger partial charge in [0.2, 0.25) is 5.91 Å². The fraction of sp³-hybridized carbons (Fsp3) is 0.400. The van der Waals surface area contributed by atoms with Gasteiger partial charge in [0, 0.05) is 32.3 Å². The molecule has 0 spiro atoms. The Morgan fingerprint density at radius 2 is 1.85 bits per heavy atom. The third-order valence-electron chi connectivity index (χ3n) is 3.82. The van der Waals surface area contributed by atoms with Crippen LogP contribution in [0.5, 0.6) is 0 Å². The highest BCUT2D eigenvalue weighted by Gasteiger charge is 2.19. The zero-order valence-electron chi connectivity index (χ0n) is 15.6. The molecule has 26 heavy (non-hydrogen) atoms. The van der Waals surface area contributed by atoms with Crippen LogP contribution >= 0.6 is 0 Å². The molecule has 0 aliphatic carbocycles. The van der Waals surface area contributed by atoms with Gasteiger partial charge in [-0.2, -0.15) is 0 Å². The van der Waals surface area contributed by atoms with Gasteiger partial charge in [0.25, 0.3) is 5.91 Å². The number of amides is 2. The zero-order valence-corrected chi connectivity index (χ0v) is 15.6. The second-order valence-corrected chi connectivity index (χ2v) is 6.70. The van der Waals surface area contributed by atoms with Crippen molar-refractivity contribution < 1.29 is 9.59 Å². The van der Waals surface area contributed by atoms with E-state index < -0.39 is 0 Å². The second kappa shape index (κ2) is 9.65. The van der Waals surface area contributed by atoms with Gasteiger partial charge in [-0.05, 0) is 18.4 Å². The van der Waals surface area contributed by atoms with E-state index in [9.17, 15) is 9.59 Å². The first kappa shape index (κ1) is 19.6. The molecule has 1 heterocycles. The lowest BCUT2D eigenvalue weighted by Crippen LogP contribution is -2.36. The number of aryl methyl sites for hydroxylation is 1. The third kappa shape index (κ3) is 6.27. The number of benzene rings is 1. The van der Waals surface area contributed by atoms with Gasteiger partial charge in [-0.1, -0.05) is 44.2 Å². The Morgan fingerprint density at radius 1 is 1.12 bits per heavy atom. The zero-order chi connectivity index (χ0) is 18.9. The van der Waals surface area contributed by atoms with Crippen molar-refractivity contribution in [3.63, 3.8) is 0 Å². The number of rotatable bonds is 8. The number of hydrogen-bond acceptors (Lipinski definition) is 4. The molecular weight excluding hydrogens is 328 g/mol. The lowest BCUT2D eigenvalue weighted by molar-refractivity contribution is -0.121. The summed E-state index contributed by atoms with van der Waals surface area (Å²) in [5.74, 6) is 0.112. The van der Waals surface area contributed by atoms with Crippen LogP contribution in [0.15, 0.2) is 42.7 Å². The quantitative estimate of drug-likeness (QED) is 0.791. The fourth-order valence-electron chi connectivity index (χ4n) is 2.36. The Kier molecular flexibility index (Phi) is 7.26. The molecule has 6 heteroatoms. The topological polar surface area (TPSA) is 75.2 Å². The summed E-state index contributed by atoms with van der Waals surface area (Å²) >= 11 is 0. The monoisotopic (exact) mass is 354 g/mol. The second-order valence-electron chi connectivity index (χ2n) is 6.70. The molecule has 2 amide bonds. The summed E-state index contributed by atoms with van der Waals surface area (Å²) < 4.78 is 0. The molecule has 1 aromatic carbocycles. The van der Waals surface area contributed by atoms with Gasteiger partial charge in [0.15, 0.2) is 0 Å². The third-order valence-corrected chi connectivity index (χ3v) is 3.82. The molecule has 1 N–H and O–H groups in total. The van der Waals surface area contributed by atoms with Crippen LogP contribution in [0.1, 0.15) is 42.0 Å². The highest BCUT2D eigenvalue weighted by molar-refractivity contribution is 5.92. The van der Waals surface area contributed by atoms with E-state index in [-0.39, 0.29) is 23.9 Å². The smallest absolute Gasteiger partial charge is 0.274 e. The minimum atomic E-state index is -0.224. The minimum absolute atomic E-state index is 0.0560. The van der Waals surface area contributed by atoms with Crippen molar-refractivity contribution in [3.05, 3.63) is 59.7 Å². The number of carbonyl (C=O) groups excluding carboxylic acids is 2. The van der Waals surface area contributed by atoms with E-state index in [4.69, 9.17) is 0 Å². The van der Waals surface area contributed by atoms with Gasteiger partial charge in [0.1, 0.15) is 5.69 Å². The van der Waals surface area contributed by atoms with Crippen molar-refractivity contribution in [1.29, 1.82) is 0 Å². The van der Waals surface area contributed by atoms with Crippen molar-refractivity contribution >= 4 is 11.8 Å². The molecule has 2 rings (SSSR count). The highest BCUT2D eigenvalue weighted by atomic mass is 16.2. The normalized spacial score (nSPS) is 10.6. The SMILES string of the molecule is Cc1cnc(C(=O)N(CCC(=O)NCC(C)C)Cc2ccccc2)cn1. The van der Waals surface area contributed by atoms with Crippen molar-refractivity contribution in [2.45, 2.75) is 33.7 Å². The summed E-state index contributed by atoms with van der Waals surface area (Å²) in [5, 5.41) is 2.88. The minimum Gasteiger partial charge on any atom is -0.356 e. The van der Waals surface area contributed by atoms with Gasteiger partial charge < -0.3 is 10.2 Å². The number of aromatic nitrogens is 2. The van der Waals surface area contributed by atoms with Crippen LogP contribution in [0.2, 0.25) is 0 Å². The Morgan fingerprint density at radius 3 is 2.46 bits per heavy atom. The van der Waals surface area contributed by atoms with Crippen molar-refractivity contribution in [1.82, 2.24) is 20.2 Å². The van der Waals surface area contributed by atoms with Crippen molar-refractivity contribution in [2.24, 2.45) is 5.92 Å². The Hall–Kier alpha value is -2.76. The maximum absolute atomic E-state index is 12.8. The summed E-state index contributed by atoms with van der Waals surface area (Å²) in [5.41, 5.74) is 2.04. The summed E-state index contributed by atoms with van der Waals surface area (Å²) in [6.45, 7) is 7.29. The van der Waals surface area contributed by atoms with Crippen molar-refractivity contribution in [2.75, 3.05) is 13.1 Å². The predicted octanol–water partition coefficient (Wildman–Crippen LogP) is 2.59. The van der Waals surface area contributed by atoms with Gasteiger partial charge in [-0.25, -0.2) is 4.98 Å². The Labute approximate surface area is 154 Å². The average molecular weight is 354 g/mol. The van der Waals surface area contributed by atoms with E-state index in [1.807, 2.05) is 51.1 Å². The molecule has 2 aromatic rings. The molecule has 1 aromatic heterocycles. The molecule has 0 unspecified atom stereocenters.